The number of aryl methyl sites for hydroxylation is 1. The summed E-state index contributed by atoms with van der Waals surface area (Å²) in [5, 5.41) is 6.28. The Labute approximate surface area is 157 Å². The number of hydrogen-bond donors (Lipinski definition) is 2. The normalized spacial score (nSPS) is 10.3. The van der Waals surface area contributed by atoms with Crippen molar-refractivity contribution in [3.05, 3.63) is 66.2 Å². The Morgan fingerprint density at radius 1 is 1.11 bits per heavy atom. The number of amides is 2. The van der Waals surface area contributed by atoms with Crippen LogP contribution < -0.4 is 20.2 Å². The summed E-state index contributed by atoms with van der Waals surface area (Å²) in [6.07, 6.45) is 3.03. The highest BCUT2D eigenvalue weighted by Gasteiger charge is 2.12. The van der Waals surface area contributed by atoms with Gasteiger partial charge in [0.15, 0.2) is 11.5 Å². The highest BCUT2D eigenvalue weighted by molar-refractivity contribution is 6.39. The average Bonchev–Trinajstić information content (AvgIpc) is 2.68. The van der Waals surface area contributed by atoms with Gasteiger partial charge in [-0.3, -0.25) is 9.59 Å². The molecule has 7 nitrogen and oxygen atoms in total. The first-order valence-corrected chi connectivity index (χ1v) is 8.16. The number of methoxy groups -OCH3 is 1. The number of hydrazone groups is 1. The van der Waals surface area contributed by atoms with Crippen LogP contribution in [-0.2, 0) is 9.59 Å². The number of nitrogens with zero attached hydrogens (tertiary/aromatic N) is 1. The zero-order valence-electron chi connectivity index (χ0n) is 15.2. The van der Waals surface area contributed by atoms with Gasteiger partial charge in [0.1, 0.15) is 6.61 Å². The average molecular weight is 367 g/mol. The molecule has 0 saturated heterocycles. The molecule has 7 heteroatoms. The summed E-state index contributed by atoms with van der Waals surface area (Å²) in [5.41, 5.74) is 4.43. The fourth-order valence-electron chi connectivity index (χ4n) is 2.07. The molecule has 0 atom stereocenters. The maximum absolute atomic E-state index is 11.8. The second kappa shape index (κ2) is 9.76. The number of hydrogen-bond acceptors (Lipinski definition) is 5. The maximum atomic E-state index is 11.8. The van der Waals surface area contributed by atoms with Crippen LogP contribution in [0.3, 0.4) is 0 Å². The number of ether oxygens (including phenoxy) is 2. The minimum atomic E-state index is -0.871. The molecule has 0 heterocycles. The van der Waals surface area contributed by atoms with Gasteiger partial charge >= 0.3 is 11.8 Å². The molecule has 0 saturated carbocycles. The van der Waals surface area contributed by atoms with E-state index in [-0.39, 0.29) is 0 Å². The van der Waals surface area contributed by atoms with Gasteiger partial charge in [-0.15, -0.1) is 0 Å². The van der Waals surface area contributed by atoms with Gasteiger partial charge in [-0.2, -0.15) is 5.10 Å². The number of nitrogens with one attached hydrogen (secondary N) is 2. The lowest BCUT2D eigenvalue weighted by molar-refractivity contribution is -0.136. The van der Waals surface area contributed by atoms with Gasteiger partial charge < -0.3 is 14.8 Å². The lowest BCUT2D eigenvalue weighted by atomic mass is 10.2. The summed E-state index contributed by atoms with van der Waals surface area (Å²) in [6.45, 7) is 5.88. The summed E-state index contributed by atoms with van der Waals surface area (Å²) in [7, 11) is 1.52. The molecule has 0 unspecified atom stereocenters. The first kappa shape index (κ1) is 19.7. The molecule has 0 aliphatic carbocycles. The smallest absolute Gasteiger partial charge is 0.329 e. The molecule has 0 spiro atoms. The second-order valence-electron chi connectivity index (χ2n) is 5.53. The molecule has 2 aromatic carbocycles. The van der Waals surface area contributed by atoms with Crippen molar-refractivity contribution in [1.29, 1.82) is 0 Å². The fraction of sp³-hybridized carbons (Fsp3) is 0.150. The molecule has 2 aromatic rings. The van der Waals surface area contributed by atoms with Crippen LogP contribution >= 0.6 is 0 Å². The molecule has 0 radical (unpaired) electrons. The SMILES string of the molecule is C=CCOc1ccc(/C=N/NC(=O)C(=O)Nc2ccc(C)cc2)cc1OC. The standard InChI is InChI=1S/C20H21N3O4/c1-4-11-27-17-10-7-15(12-18(17)26-3)13-21-23-20(25)19(24)22-16-8-5-14(2)6-9-16/h4-10,12-13H,1,11H2,2-3H3,(H,22,24)(H,23,25)/b21-13+. The quantitative estimate of drug-likeness (QED) is 0.341. The molecule has 2 amide bonds. The Bertz CT molecular complexity index is 845. The van der Waals surface area contributed by atoms with E-state index in [4.69, 9.17) is 9.47 Å². The van der Waals surface area contributed by atoms with Gasteiger partial charge in [-0.05, 0) is 42.8 Å². The van der Waals surface area contributed by atoms with Crippen molar-refractivity contribution in [2.24, 2.45) is 5.10 Å². The van der Waals surface area contributed by atoms with Gasteiger partial charge in [-0.1, -0.05) is 30.4 Å². The van der Waals surface area contributed by atoms with E-state index in [2.05, 4.69) is 22.4 Å². The number of rotatable bonds is 7. The molecule has 2 N–H and O–H groups in total. The molecule has 0 aromatic heterocycles. The van der Waals surface area contributed by atoms with Crippen molar-refractivity contribution in [3.63, 3.8) is 0 Å². The van der Waals surface area contributed by atoms with E-state index >= 15 is 0 Å². The van der Waals surface area contributed by atoms with Gasteiger partial charge in [0.05, 0.1) is 13.3 Å². The van der Waals surface area contributed by atoms with Gasteiger partial charge in [0.2, 0.25) is 0 Å². The van der Waals surface area contributed by atoms with Crippen LogP contribution in [0.4, 0.5) is 5.69 Å². The van der Waals surface area contributed by atoms with Crippen molar-refractivity contribution in [3.8, 4) is 11.5 Å². The van der Waals surface area contributed by atoms with Crippen LogP contribution in [0.5, 0.6) is 11.5 Å². The molecule has 0 bridgehead atoms. The number of benzene rings is 2. The number of carbonyl (C=O) groups excluding carboxylic acids is 2. The van der Waals surface area contributed by atoms with Crippen molar-refractivity contribution in [1.82, 2.24) is 5.43 Å². The topological polar surface area (TPSA) is 89.0 Å². The largest absolute Gasteiger partial charge is 0.493 e. The van der Waals surface area contributed by atoms with E-state index in [0.29, 0.717) is 29.4 Å². The first-order chi connectivity index (χ1) is 13.0. The third-order valence-electron chi connectivity index (χ3n) is 3.44. The van der Waals surface area contributed by atoms with Crippen LogP contribution in [0.15, 0.2) is 60.2 Å². The molecule has 27 heavy (non-hydrogen) atoms. The minimum Gasteiger partial charge on any atom is -0.493 e. The number of carbonyl (C=O) groups is 2. The molecule has 2 rings (SSSR count). The molecular weight excluding hydrogens is 346 g/mol. The molecular formula is C20H21N3O4. The van der Waals surface area contributed by atoms with Crippen LogP contribution in [-0.4, -0.2) is 31.7 Å². The van der Waals surface area contributed by atoms with E-state index in [1.807, 2.05) is 19.1 Å². The van der Waals surface area contributed by atoms with E-state index in [1.54, 1.807) is 36.4 Å². The Kier molecular flexibility index (Phi) is 7.13. The van der Waals surface area contributed by atoms with Crippen molar-refractivity contribution < 1.29 is 19.1 Å². The van der Waals surface area contributed by atoms with Crippen LogP contribution in [0.2, 0.25) is 0 Å². The molecule has 0 aliphatic rings. The summed E-state index contributed by atoms with van der Waals surface area (Å²) < 4.78 is 10.7. The van der Waals surface area contributed by atoms with Crippen molar-refractivity contribution >= 4 is 23.7 Å². The van der Waals surface area contributed by atoms with Crippen LogP contribution in [0, 0.1) is 6.92 Å². The Morgan fingerprint density at radius 2 is 1.85 bits per heavy atom. The maximum Gasteiger partial charge on any atom is 0.329 e. The van der Waals surface area contributed by atoms with Crippen molar-refractivity contribution in [2.45, 2.75) is 6.92 Å². The van der Waals surface area contributed by atoms with Crippen LogP contribution in [0.1, 0.15) is 11.1 Å². The summed E-state index contributed by atoms with van der Waals surface area (Å²) in [6, 6.07) is 12.3. The summed E-state index contributed by atoms with van der Waals surface area (Å²) in [5.74, 6) is -0.591. The third kappa shape index (κ3) is 6.00. The summed E-state index contributed by atoms with van der Waals surface area (Å²) in [4.78, 5) is 23.7. The monoisotopic (exact) mass is 367 g/mol. The van der Waals surface area contributed by atoms with E-state index in [9.17, 15) is 9.59 Å². The number of anilines is 1. The van der Waals surface area contributed by atoms with Crippen molar-refractivity contribution in [2.75, 3.05) is 19.0 Å². The van der Waals surface area contributed by atoms with E-state index in [1.165, 1.54) is 13.3 Å². The molecule has 0 fully saturated rings. The molecule has 0 aliphatic heterocycles. The predicted molar refractivity (Wildman–Crippen MR) is 104 cm³/mol. The van der Waals surface area contributed by atoms with E-state index < -0.39 is 11.8 Å². The van der Waals surface area contributed by atoms with Crippen LogP contribution in [0.25, 0.3) is 0 Å². The zero-order chi connectivity index (χ0) is 19.6. The van der Waals surface area contributed by atoms with E-state index in [0.717, 1.165) is 5.56 Å². The van der Waals surface area contributed by atoms with Gasteiger partial charge in [-0.25, -0.2) is 5.43 Å². The zero-order valence-corrected chi connectivity index (χ0v) is 15.2. The lowest BCUT2D eigenvalue weighted by Crippen LogP contribution is -2.32. The Balaban J connectivity index is 1.93. The van der Waals surface area contributed by atoms with Gasteiger partial charge in [0, 0.05) is 5.69 Å². The highest BCUT2D eigenvalue weighted by atomic mass is 16.5. The second-order valence-corrected chi connectivity index (χ2v) is 5.53. The predicted octanol–water partition coefficient (Wildman–Crippen LogP) is 2.66. The fourth-order valence-corrected chi connectivity index (χ4v) is 2.07. The highest BCUT2D eigenvalue weighted by Crippen LogP contribution is 2.27. The molecule has 140 valence electrons. The third-order valence-corrected chi connectivity index (χ3v) is 3.44. The Hall–Kier alpha value is -3.61. The van der Waals surface area contributed by atoms with Gasteiger partial charge in [0.25, 0.3) is 0 Å². The summed E-state index contributed by atoms with van der Waals surface area (Å²) >= 11 is 0. The Morgan fingerprint density at radius 3 is 2.52 bits per heavy atom. The lowest BCUT2D eigenvalue weighted by Gasteiger charge is -2.09. The first-order valence-electron chi connectivity index (χ1n) is 8.16. The minimum absolute atomic E-state index is 0.357.